The van der Waals surface area contributed by atoms with Crippen LogP contribution < -0.4 is 4.90 Å². The zero-order valence-corrected chi connectivity index (χ0v) is 14.7. The van der Waals surface area contributed by atoms with Gasteiger partial charge in [0.25, 0.3) is 11.8 Å². The van der Waals surface area contributed by atoms with E-state index in [-0.39, 0.29) is 30.1 Å². The molecule has 1 aromatic heterocycles. The third-order valence-corrected chi connectivity index (χ3v) is 4.37. The Morgan fingerprint density at radius 3 is 2.37 bits per heavy atom. The molecule has 5 nitrogen and oxygen atoms in total. The van der Waals surface area contributed by atoms with Crippen LogP contribution in [0.5, 0.6) is 0 Å². The zero-order valence-electron chi connectivity index (χ0n) is 14.7. The summed E-state index contributed by atoms with van der Waals surface area (Å²) >= 11 is 0. The van der Waals surface area contributed by atoms with Gasteiger partial charge in [-0.2, -0.15) is 5.26 Å². The highest BCUT2D eigenvalue weighted by atomic mass is 19.3. The molecule has 2 amide bonds. The van der Waals surface area contributed by atoms with E-state index >= 15 is 0 Å². The van der Waals surface area contributed by atoms with Crippen LogP contribution in [0.3, 0.4) is 0 Å². The van der Waals surface area contributed by atoms with Crippen LogP contribution >= 0.6 is 0 Å². The highest BCUT2D eigenvalue weighted by molar-refractivity contribution is 6.21. The maximum Gasteiger partial charge on any atom is 0.258 e. The maximum atomic E-state index is 13.3. The number of pyridine rings is 1. The number of nitrogens with zero attached hydrogens (tertiary/aromatic N) is 3. The SMILES string of the molecule is C=CC(=O)N(C(=O)C=C)c1cc(/C=C/C2CCC(F)(F)CC2)c(C#N)cn1. The van der Waals surface area contributed by atoms with Crippen molar-refractivity contribution in [2.24, 2.45) is 5.92 Å². The molecule has 1 saturated carbocycles. The van der Waals surface area contributed by atoms with Crippen LogP contribution in [0, 0.1) is 17.2 Å². The lowest BCUT2D eigenvalue weighted by Crippen LogP contribution is -2.35. The van der Waals surface area contributed by atoms with Crippen LogP contribution in [0.4, 0.5) is 14.6 Å². The van der Waals surface area contributed by atoms with Gasteiger partial charge in [-0.1, -0.05) is 25.3 Å². The highest BCUT2D eigenvalue weighted by Gasteiger charge is 2.33. The Bertz CT molecular complexity index is 810. The van der Waals surface area contributed by atoms with E-state index in [1.165, 1.54) is 12.3 Å². The predicted molar refractivity (Wildman–Crippen MR) is 97.8 cm³/mol. The van der Waals surface area contributed by atoms with Crippen molar-refractivity contribution in [1.82, 2.24) is 4.98 Å². The third kappa shape index (κ3) is 4.94. The van der Waals surface area contributed by atoms with Gasteiger partial charge in [0.2, 0.25) is 5.92 Å². The number of allylic oxidation sites excluding steroid dienone is 1. The number of aromatic nitrogens is 1. The fourth-order valence-electron chi connectivity index (χ4n) is 2.82. The summed E-state index contributed by atoms with van der Waals surface area (Å²) in [5.41, 5.74) is 0.687. The van der Waals surface area contributed by atoms with Crippen molar-refractivity contribution < 1.29 is 18.4 Å². The molecular formula is C20H19F2N3O2. The van der Waals surface area contributed by atoms with Crippen molar-refractivity contribution >= 4 is 23.7 Å². The first kappa shape index (κ1) is 20.2. The number of anilines is 1. The lowest BCUT2D eigenvalue weighted by atomic mass is 9.86. The Kier molecular flexibility index (Phi) is 6.35. The summed E-state index contributed by atoms with van der Waals surface area (Å²) in [5.74, 6) is -3.96. The summed E-state index contributed by atoms with van der Waals surface area (Å²) in [6.07, 6.45) is 7.02. The standard InChI is InChI=1S/C20H19F2N3O2/c1-3-18(26)25(19(27)4-2)17-11-15(16(12-23)13-24-17)6-5-14-7-9-20(21,22)10-8-14/h3-6,11,13-14H,1-2,7-10H2/b6-5+. The van der Waals surface area contributed by atoms with Gasteiger partial charge >= 0.3 is 0 Å². The average Bonchev–Trinajstić information content (AvgIpc) is 2.67. The van der Waals surface area contributed by atoms with Crippen LogP contribution in [0.1, 0.15) is 36.8 Å². The average molecular weight is 371 g/mol. The first-order valence-electron chi connectivity index (χ1n) is 8.40. The number of halogens is 2. The second-order valence-electron chi connectivity index (χ2n) is 6.21. The maximum absolute atomic E-state index is 13.3. The second kappa shape index (κ2) is 8.49. The lowest BCUT2D eigenvalue weighted by molar-refractivity contribution is -0.121. The Labute approximate surface area is 156 Å². The Hall–Kier alpha value is -3.14. The Morgan fingerprint density at radius 1 is 1.26 bits per heavy atom. The Balaban J connectivity index is 2.32. The fourth-order valence-corrected chi connectivity index (χ4v) is 2.82. The second-order valence-corrected chi connectivity index (χ2v) is 6.21. The van der Waals surface area contributed by atoms with Gasteiger partial charge < -0.3 is 0 Å². The number of rotatable bonds is 5. The summed E-state index contributed by atoms with van der Waals surface area (Å²) in [7, 11) is 0. The first-order chi connectivity index (χ1) is 12.8. The summed E-state index contributed by atoms with van der Waals surface area (Å²) in [6.45, 7) is 6.71. The molecule has 0 bridgehead atoms. The molecule has 2 rings (SSSR count). The fraction of sp³-hybridized carbons (Fsp3) is 0.300. The molecule has 1 aliphatic rings. The number of hydrogen-bond donors (Lipinski definition) is 0. The van der Waals surface area contributed by atoms with E-state index in [9.17, 15) is 23.6 Å². The van der Waals surface area contributed by atoms with Gasteiger partial charge in [0.05, 0.1) is 5.56 Å². The summed E-state index contributed by atoms with van der Waals surface area (Å²) in [5, 5.41) is 9.26. The summed E-state index contributed by atoms with van der Waals surface area (Å²) in [4.78, 5) is 28.8. The van der Waals surface area contributed by atoms with E-state index in [0.717, 1.165) is 17.1 Å². The predicted octanol–water partition coefficient (Wildman–Crippen LogP) is 4.02. The lowest BCUT2D eigenvalue weighted by Gasteiger charge is -2.26. The number of hydrogen-bond acceptors (Lipinski definition) is 4. The molecule has 0 atom stereocenters. The van der Waals surface area contributed by atoms with E-state index in [0.29, 0.717) is 18.4 Å². The van der Waals surface area contributed by atoms with Gasteiger partial charge in [-0.3, -0.25) is 9.59 Å². The summed E-state index contributed by atoms with van der Waals surface area (Å²) in [6, 6.07) is 3.41. The third-order valence-electron chi connectivity index (χ3n) is 4.37. The number of alkyl halides is 2. The van der Waals surface area contributed by atoms with Crippen LogP contribution in [0.15, 0.2) is 43.6 Å². The normalized spacial score (nSPS) is 16.5. The van der Waals surface area contributed by atoms with Gasteiger partial charge in [-0.05, 0) is 42.5 Å². The van der Waals surface area contributed by atoms with E-state index in [4.69, 9.17) is 0 Å². The van der Waals surface area contributed by atoms with Crippen molar-refractivity contribution in [3.05, 3.63) is 54.8 Å². The van der Waals surface area contributed by atoms with Crippen LogP contribution in [-0.4, -0.2) is 22.7 Å². The number of amides is 2. The molecule has 0 spiro atoms. The smallest absolute Gasteiger partial charge is 0.258 e. The van der Waals surface area contributed by atoms with E-state index in [1.807, 2.05) is 6.07 Å². The van der Waals surface area contributed by atoms with Crippen molar-refractivity contribution in [2.45, 2.75) is 31.6 Å². The van der Waals surface area contributed by atoms with Crippen LogP contribution in [0.25, 0.3) is 6.08 Å². The molecule has 1 aliphatic carbocycles. The minimum Gasteiger partial charge on any atom is -0.269 e. The number of nitriles is 1. The molecule has 0 radical (unpaired) electrons. The molecular weight excluding hydrogens is 352 g/mol. The molecule has 0 N–H and O–H groups in total. The van der Waals surface area contributed by atoms with E-state index in [1.54, 1.807) is 12.2 Å². The van der Waals surface area contributed by atoms with Crippen molar-refractivity contribution in [3.63, 3.8) is 0 Å². The molecule has 1 heterocycles. The van der Waals surface area contributed by atoms with Gasteiger partial charge in [0.15, 0.2) is 0 Å². The van der Waals surface area contributed by atoms with Gasteiger partial charge in [0.1, 0.15) is 11.9 Å². The molecule has 0 aliphatic heterocycles. The van der Waals surface area contributed by atoms with Crippen molar-refractivity contribution in [2.75, 3.05) is 4.90 Å². The van der Waals surface area contributed by atoms with E-state index in [2.05, 4.69) is 18.1 Å². The molecule has 7 heteroatoms. The Morgan fingerprint density at radius 2 is 1.85 bits per heavy atom. The molecule has 0 saturated heterocycles. The number of carbonyl (C=O) groups is 2. The summed E-state index contributed by atoms with van der Waals surface area (Å²) < 4.78 is 26.5. The molecule has 1 fully saturated rings. The van der Waals surface area contributed by atoms with Crippen molar-refractivity contribution in [3.8, 4) is 6.07 Å². The zero-order chi connectivity index (χ0) is 20.0. The first-order valence-corrected chi connectivity index (χ1v) is 8.40. The minimum atomic E-state index is -2.61. The molecule has 0 aromatic carbocycles. The molecule has 0 unspecified atom stereocenters. The highest BCUT2D eigenvalue weighted by Crippen LogP contribution is 2.37. The largest absolute Gasteiger partial charge is 0.269 e. The van der Waals surface area contributed by atoms with Crippen molar-refractivity contribution in [1.29, 1.82) is 5.26 Å². The minimum absolute atomic E-state index is 0.0199. The topological polar surface area (TPSA) is 74.1 Å². The molecule has 140 valence electrons. The van der Waals surface area contributed by atoms with Crippen LogP contribution in [-0.2, 0) is 9.59 Å². The number of imide groups is 1. The van der Waals surface area contributed by atoms with Gasteiger partial charge in [0, 0.05) is 19.0 Å². The quantitative estimate of drug-likeness (QED) is 0.733. The van der Waals surface area contributed by atoms with E-state index < -0.39 is 17.7 Å². The van der Waals surface area contributed by atoms with Gasteiger partial charge in [-0.25, -0.2) is 18.7 Å². The number of carbonyl (C=O) groups excluding carboxylic acids is 2. The monoisotopic (exact) mass is 371 g/mol. The van der Waals surface area contributed by atoms with Crippen LogP contribution in [0.2, 0.25) is 0 Å². The van der Waals surface area contributed by atoms with Gasteiger partial charge in [-0.15, -0.1) is 0 Å². The molecule has 27 heavy (non-hydrogen) atoms. The molecule has 1 aromatic rings.